The third kappa shape index (κ3) is 3.02. The van der Waals surface area contributed by atoms with Crippen LogP contribution in [-0.4, -0.2) is 40.5 Å². The second kappa shape index (κ2) is 6.45. The normalized spacial score (nSPS) is 24.4. The van der Waals surface area contributed by atoms with E-state index in [1.165, 1.54) is 6.20 Å². The third-order valence-electron chi connectivity index (χ3n) is 3.89. The number of aryl methyl sites for hydroxylation is 1. The fourth-order valence-electron chi connectivity index (χ4n) is 2.81. The van der Waals surface area contributed by atoms with E-state index in [1.807, 2.05) is 13.8 Å². The molecule has 1 aromatic heterocycles. The van der Waals surface area contributed by atoms with Crippen molar-refractivity contribution < 1.29 is 8.42 Å². The van der Waals surface area contributed by atoms with Gasteiger partial charge in [-0.05, 0) is 32.6 Å². The van der Waals surface area contributed by atoms with Crippen LogP contribution in [0, 0.1) is 0 Å². The summed E-state index contributed by atoms with van der Waals surface area (Å²) in [6.45, 7) is 4.66. The Kier molecular flexibility index (Phi) is 5.09. The zero-order valence-electron chi connectivity index (χ0n) is 12.0. The van der Waals surface area contributed by atoms with Gasteiger partial charge in [0.05, 0.1) is 6.20 Å². The van der Waals surface area contributed by atoms with Gasteiger partial charge >= 0.3 is 0 Å². The Balaban J connectivity index is 2.23. The van der Waals surface area contributed by atoms with Crippen molar-refractivity contribution in [3.63, 3.8) is 0 Å². The van der Waals surface area contributed by atoms with Gasteiger partial charge in [0, 0.05) is 30.7 Å². The topological polar surface area (TPSA) is 55.2 Å². The zero-order chi connectivity index (χ0) is 14.8. The molecule has 1 aliphatic rings. The van der Waals surface area contributed by atoms with Crippen molar-refractivity contribution in [3.8, 4) is 0 Å². The van der Waals surface area contributed by atoms with Crippen molar-refractivity contribution >= 4 is 21.6 Å². The average molecular weight is 320 g/mol. The number of sulfonamides is 1. The summed E-state index contributed by atoms with van der Waals surface area (Å²) in [5.41, 5.74) is 0. The van der Waals surface area contributed by atoms with Crippen LogP contribution < -0.4 is 0 Å². The summed E-state index contributed by atoms with van der Waals surface area (Å²) in [5, 5.41) is 4.12. The maximum absolute atomic E-state index is 12.7. The molecule has 1 saturated heterocycles. The Morgan fingerprint density at radius 1 is 1.45 bits per heavy atom. The molecule has 0 N–H and O–H groups in total. The summed E-state index contributed by atoms with van der Waals surface area (Å²) >= 11 is 5.64. The van der Waals surface area contributed by atoms with E-state index >= 15 is 0 Å². The van der Waals surface area contributed by atoms with Crippen LogP contribution >= 0.6 is 11.6 Å². The second-order valence-corrected chi connectivity index (χ2v) is 7.53. The van der Waals surface area contributed by atoms with Gasteiger partial charge in [0.25, 0.3) is 0 Å². The summed E-state index contributed by atoms with van der Waals surface area (Å²) in [7, 11) is -3.44. The van der Waals surface area contributed by atoms with Gasteiger partial charge < -0.3 is 0 Å². The Labute approximate surface area is 126 Å². The van der Waals surface area contributed by atoms with Crippen LogP contribution in [-0.2, 0) is 16.6 Å². The maximum atomic E-state index is 12.7. The van der Waals surface area contributed by atoms with E-state index in [2.05, 4.69) is 5.10 Å². The van der Waals surface area contributed by atoms with Crippen molar-refractivity contribution in [2.45, 2.75) is 63.1 Å². The molecule has 1 aromatic rings. The van der Waals surface area contributed by atoms with Crippen molar-refractivity contribution in [1.82, 2.24) is 14.1 Å². The fourth-order valence-corrected chi connectivity index (χ4v) is 4.83. The third-order valence-corrected chi connectivity index (χ3v) is 6.18. The molecule has 0 aliphatic carbocycles. The number of alkyl halides is 1. The number of aromatic nitrogens is 2. The molecule has 2 atom stereocenters. The van der Waals surface area contributed by atoms with Gasteiger partial charge in [0.15, 0.2) is 0 Å². The van der Waals surface area contributed by atoms with Crippen LogP contribution in [0.5, 0.6) is 0 Å². The molecule has 2 unspecified atom stereocenters. The van der Waals surface area contributed by atoms with Gasteiger partial charge in [0.2, 0.25) is 10.0 Å². The lowest BCUT2D eigenvalue weighted by Crippen LogP contribution is -2.39. The van der Waals surface area contributed by atoms with Crippen LogP contribution in [0.15, 0.2) is 17.3 Å². The van der Waals surface area contributed by atoms with E-state index < -0.39 is 10.0 Å². The first-order chi connectivity index (χ1) is 9.50. The summed E-state index contributed by atoms with van der Waals surface area (Å²) in [6.07, 6.45) is 6.56. The summed E-state index contributed by atoms with van der Waals surface area (Å²) in [5.74, 6) is 0.545. The van der Waals surface area contributed by atoms with Crippen LogP contribution in [0.2, 0.25) is 0 Å². The smallest absolute Gasteiger partial charge is 0.246 e. The summed E-state index contributed by atoms with van der Waals surface area (Å²) < 4.78 is 28.8. The predicted molar refractivity (Wildman–Crippen MR) is 79.4 cm³/mol. The van der Waals surface area contributed by atoms with E-state index in [9.17, 15) is 8.42 Å². The Hall–Kier alpha value is -0.590. The van der Waals surface area contributed by atoms with E-state index in [0.717, 1.165) is 25.7 Å². The molecule has 0 amide bonds. The standard InChI is InChI=1S/C13H22ClN3O2S/c1-3-12-6-5-11(2)17(12)20(18,19)13-9-15-16(10-13)8-4-7-14/h9-12H,3-8H2,1-2H3. The van der Waals surface area contributed by atoms with E-state index in [1.54, 1.807) is 15.2 Å². The first kappa shape index (κ1) is 15.8. The first-order valence-electron chi connectivity index (χ1n) is 7.12. The zero-order valence-corrected chi connectivity index (χ0v) is 13.6. The number of nitrogens with zero attached hydrogens (tertiary/aromatic N) is 3. The van der Waals surface area contributed by atoms with Crippen molar-refractivity contribution in [2.75, 3.05) is 5.88 Å². The minimum absolute atomic E-state index is 0.0659. The fraction of sp³-hybridized carbons (Fsp3) is 0.769. The molecular formula is C13H22ClN3O2S. The Morgan fingerprint density at radius 2 is 2.20 bits per heavy atom. The molecule has 5 nitrogen and oxygen atoms in total. The molecular weight excluding hydrogens is 298 g/mol. The molecule has 0 radical (unpaired) electrons. The van der Waals surface area contributed by atoms with Crippen molar-refractivity contribution in [2.24, 2.45) is 0 Å². The Bertz CT molecular complexity index is 544. The molecule has 2 rings (SSSR count). The summed E-state index contributed by atoms with van der Waals surface area (Å²) in [4.78, 5) is 0.291. The molecule has 1 fully saturated rings. The highest BCUT2D eigenvalue weighted by molar-refractivity contribution is 7.89. The number of hydrogen-bond acceptors (Lipinski definition) is 3. The largest absolute Gasteiger partial charge is 0.271 e. The lowest BCUT2D eigenvalue weighted by Gasteiger charge is -2.26. The van der Waals surface area contributed by atoms with Crippen LogP contribution in [0.25, 0.3) is 0 Å². The number of halogens is 1. The minimum atomic E-state index is -3.44. The monoisotopic (exact) mass is 319 g/mol. The SMILES string of the molecule is CCC1CCC(C)N1S(=O)(=O)c1cnn(CCCCl)c1. The Morgan fingerprint density at radius 3 is 2.85 bits per heavy atom. The van der Waals surface area contributed by atoms with E-state index in [-0.39, 0.29) is 12.1 Å². The minimum Gasteiger partial charge on any atom is -0.271 e. The van der Waals surface area contributed by atoms with Crippen molar-refractivity contribution in [1.29, 1.82) is 0 Å². The van der Waals surface area contributed by atoms with Crippen LogP contribution in [0.4, 0.5) is 0 Å². The van der Waals surface area contributed by atoms with Gasteiger partial charge in [-0.25, -0.2) is 8.42 Å². The van der Waals surface area contributed by atoms with Gasteiger partial charge in [-0.1, -0.05) is 6.92 Å². The van der Waals surface area contributed by atoms with E-state index in [0.29, 0.717) is 17.3 Å². The lowest BCUT2D eigenvalue weighted by molar-refractivity contribution is 0.328. The first-order valence-corrected chi connectivity index (χ1v) is 9.10. The highest BCUT2D eigenvalue weighted by Crippen LogP contribution is 2.32. The average Bonchev–Trinajstić information content (AvgIpc) is 3.03. The van der Waals surface area contributed by atoms with Gasteiger partial charge in [0.1, 0.15) is 4.90 Å². The molecule has 1 aliphatic heterocycles. The summed E-state index contributed by atoms with van der Waals surface area (Å²) in [6, 6.07) is 0.178. The molecule has 0 aromatic carbocycles. The van der Waals surface area contributed by atoms with Gasteiger partial charge in [-0.2, -0.15) is 9.40 Å². The predicted octanol–water partition coefficient (Wildman–Crippen LogP) is 2.46. The van der Waals surface area contributed by atoms with Gasteiger partial charge in [-0.15, -0.1) is 11.6 Å². The molecule has 20 heavy (non-hydrogen) atoms. The maximum Gasteiger partial charge on any atom is 0.246 e. The quantitative estimate of drug-likeness (QED) is 0.757. The van der Waals surface area contributed by atoms with Crippen LogP contribution in [0.1, 0.15) is 39.5 Å². The number of rotatable bonds is 6. The highest BCUT2D eigenvalue weighted by Gasteiger charge is 2.39. The molecule has 0 bridgehead atoms. The second-order valence-electron chi connectivity index (χ2n) is 5.31. The highest BCUT2D eigenvalue weighted by atomic mass is 35.5. The molecule has 7 heteroatoms. The molecule has 0 spiro atoms. The molecule has 0 saturated carbocycles. The lowest BCUT2D eigenvalue weighted by atomic mass is 10.2. The molecule has 2 heterocycles. The molecule has 114 valence electrons. The number of hydrogen-bond donors (Lipinski definition) is 0. The van der Waals surface area contributed by atoms with Crippen LogP contribution in [0.3, 0.4) is 0 Å². The van der Waals surface area contributed by atoms with Crippen molar-refractivity contribution in [3.05, 3.63) is 12.4 Å². The van der Waals surface area contributed by atoms with E-state index in [4.69, 9.17) is 11.6 Å². The van der Waals surface area contributed by atoms with Gasteiger partial charge in [-0.3, -0.25) is 4.68 Å².